The SMILES string of the molecule is CC(COC(=O)c1ccccc1O)OC(=O)c1ccccc1O.CC(COC(=O)c1ccccc1O)OC(=O)c1ccccc1O. The first-order chi connectivity index (χ1) is 22.0. The molecule has 0 aliphatic rings. The van der Waals surface area contributed by atoms with Gasteiger partial charge in [0.1, 0.15) is 70.7 Å². The molecule has 4 N–H and O–H groups in total. The normalized spacial score (nSPS) is 11.5. The van der Waals surface area contributed by atoms with E-state index in [2.05, 4.69) is 0 Å². The van der Waals surface area contributed by atoms with Crippen molar-refractivity contribution in [2.75, 3.05) is 13.2 Å². The molecule has 12 heteroatoms. The van der Waals surface area contributed by atoms with Crippen molar-refractivity contribution in [2.24, 2.45) is 0 Å². The van der Waals surface area contributed by atoms with Gasteiger partial charge >= 0.3 is 23.9 Å². The summed E-state index contributed by atoms with van der Waals surface area (Å²) in [5.41, 5.74) is 0.135. The number of hydrogen-bond acceptors (Lipinski definition) is 12. The number of esters is 4. The molecule has 4 aromatic rings. The van der Waals surface area contributed by atoms with Crippen LogP contribution in [0.3, 0.4) is 0 Å². The number of hydrogen-bond donors (Lipinski definition) is 4. The molecule has 4 rings (SSSR count). The summed E-state index contributed by atoms with van der Waals surface area (Å²) in [6.07, 6.45) is -1.42. The number of phenols is 4. The minimum absolute atomic E-state index is 0.0337. The van der Waals surface area contributed by atoms with Crippen LogP contribution in [0.1, 0.15) is 55.3 Å². The lowest BCUT2D eigenvalue weighted by Crippen LogP contribution is -2.22. The Bertz CT molecular complexity index is 1540. The van der Waals surface area contributed by atoms with Crippen LogP contribution >= 0.6 is 0 Å². The van der Waals surface area contributed by atoms with Crippen molar-refractivity contribution in [3.63, 3.8) is 0 Å². The Morgan fingerprint density at radius 1 is 0.457 bits per heavy atom. The molecule has 0 saturated carbocycles. The summed E-state index contributed by atoms with van der Waals surface area (Å²) in [5.74, 6) is -3.59. The Morgan fingerprint density at radius 2 is 0.696 bits per heavy atom. The zero-order valence-electron chi connectivity index (χ0n) is 24.9. The maximum atomic E-state index is 11.9. The third-order valence-corrected chi connectivity index (χ3v) is 6.01. The van der Waals surface area contributed by atoms with Crippen LogP contribution in [0.5, 0.6) is 23.0 Å². The lowest BCUT2D eigenvalue weighted by Gasteiger charge is -2.14. The fourth-order valence-corrected chi connectivity index (χ4v) is 3.69. The topological polar surface area (TPSA) is 186 Å². The molecule has 2 unspecified atom stereocenters. The third kappa shape index (κ3) is 10.0. The number of carbonyl (C=O) groups excluding carboxylic acids is 4. The van der Waals surface area contributed by atoms with Crippen LogP contribution in [0, 0.1) is 0 Å². The van der Waals surface area contributed by atoms with Crippen LogP contribution in [0.15, 0.2) is 97.1 Å². The van der Waals surface area contributed by atoms with Crippen molar-refractivity contribution in [3.05, 3.63) is 119 Å². The van der Waals surface area contributed by atoms with Crippen LogP contribution in [-0.2, 0) is 18.9 Å². The van der Waals surface area contributed by atoms with E-state index >= 15 is 0 Å². The second-order valence-corrected chi connectivity index (χ2v) is 9.70. The first-order valence-electron chi connectivity index (χ1n) is 13.9. The number of para-hydroxylation sites is 4. The lowest BCUT2D eigenvalue weighted by atomic mass is 10.2. The van der Waals surface area contributed by atoms with Gasteiger partial charge in [0.2, 0.25) is 0 Å². The van der Waals surface area contributed by atoms with Crippen LogP contribution in [0.4, 0.5) is 0 Å². The summed E-state index contributed by atoms with van der Waals surface area (Å²) >= 11 is 0. The average molecular weight is 633 g/mol. The van der Waals surface area contributed by atoms with Gasteiger partial charge in [0.25, 0.3) is 0 Å². The number of aromatic hydroxyl groups is 4. The fraction of sp³-hybridized carbons (Fsp3) is 0.176. The summed E-state index contributed by atoms with van der Waals surface area (Å²) in [6, 6.07) is 23.9. The van der Waals surface area contributed by atoms with E-state index < -0.39 is 36.1 Å². The molecule has 12 nitrogen and oxygen atoms in total. The fourth-order valence-electron chi connectivity index (χ4n) is 3.69. The van der Waals surface area contributed by atoms with Gasteiger partial charge in [-0.3, -0.25) is 0 Å². The molecule has 4 aromatic carbocycles. The monoisotopic (exact) mass is 632 g/mol. The van der Waals surface area contributed by atoms with E-state index in [0.29, 0.717) is 0 Å². The third-order valence-electron chi connectivity index (χ3n) is 6.01. The lowest BCUT2D eigenvalue weighted by molar-refractivity contribution is 0.00409. The van der Waals surface area contributed by atoms with Gasteiger partial charge in [0.15, 0.2) is 0 Å². The quantitative estimate of drug-likeness (QED) is 0.136. The Balaban J connectivity index is 0.000000250. The van der Waals surface area contributed by atoms with Crippen molar-refractivity contribution < 1.29 is 58.6 Å². The van der Waals surface area contributed by atoms with Gasteiger partial charge in [-0.05, 0) is 62.4 Å². The molecule has 46 heavy (non-hydrogen) atoms. The minimum Gasteiger partial charge on any atom is -0.507 e. The molecule has 2 atom stereocenters. The Labute approximate surface area is 264 Å². The van der Waals surface area contributed by atoms with Crippen LogP contribution in [0.25, 0.3) is 0 Å². The van der Waals surface area contributed by atoms with Crippen molar-refractivity contribution in [2.45, 2.75) is 26.1 Å². The number of ether oxygens (including phenoxy) is 4. The van der Waals surface area contributed by atoms with E-state index in [4.69, 9.17) is 18.9 Å². The molecular weight excluding hydrogens is 600 g/mol. The predicted octanol–water partition coefficient (Wildman–Crippen LogP) is 5.00. The van der Waals surface area contributed by atoms with E-state index in [-0.39, 0.29) is 58.5 Å². The highest BCUT2D eigenvalue weighted by Gasteiger charge is 2.20. The minimum atomic E-state index is -0.714. The smallest absolute Gasteiger partial charge is 0.342 e. The van der Waals surface area contributed by atoms with Gasteiger partial charge in [-0.15, -0.1) is 0 Å². The number of phenolic OH excluding ortho intramolecular Hbond substituents is 4. The van der Waals surface area contributed by atoms with E-state index in [9.17, 15) is 39.6 Å². The highest BCUT2D eigenvalue weighted by molar-refractivity contribution is 5.94. The van der Waals surface area contributed by atoms with Crippen molar-refractivity contribution in [3.8, 4) is 23.0 Å². The molecule has 0 saturated heterocycles. The first-order valence-corrected chi connectivity index (χ1v) is 13.9. The largest absolute Gasteiger partial charge is 0.507 e. The van der Waals surface area contributed by atoms with Crippen LogP contribution < -0.4 is 0 Å². The van der Waals surface area contributed by atoms with Crippen LogP contribution in [0.2, 0.25) is 0 Å². The number of benzene rings is 4. The van der Waals surface area contributed by atoms with E-state index in [1.165, 1.54) is 48.5 Å². The molecule has 240 valence electrons. The van der Waals surface area contributed by atoms with Gasteiger partial charge in [-0.25, -0.2) is 19.2 Å². The van der Waals surface area contributed by atoms with Gasteiger partial charge < -0.3 is 39.4 Å². The molecule has 0 aliphatic carbocycles. The Morgan fingerprint density at radius 3 is 0.957 bits per heavy atom. The molecular formula is C34H32O12. The summed E-state index contributed by atoms with van der Waals surface area (Å²) < 4.78 is 20.2. The maximum absolute atomic E-state index is 11.9. The van der Waals surface area contributed by atoms with Gasteiger partial charge in [0, 0.05) is 0 Å². The summed E-state index contributed by atoms with van der Waals surface area (Å²) in [5, 5.41) is 38.3. The standard InChI is InChI=1S/2C17H16O6/c2*1-11(23-17(21)13-7-3-5-9-15(13)19)10-22-16(20)12-6-2-4-8-14(12)18/h2*2-9,11,18-19H,10H2,1H3. The summed E-state index contributed by atoms with van der Waals surface area (Å²) in [7, 11) is 0. The molecule has 0 radical (unpaired) electrons. The zero-order valence-corrected chi connectivity index (χ0v) is 24.9. The van der Waals surface area contributed by atoms with Crippen LogP contribution in [-0.4, -0.2) is 69.7 Å². The molecule has 0 aromatic heterocycles. The van der Waals surface area contributed by atoms with Gasteiger partial charge in [-0.2, -0.15) is 0 Å². The average Bonchev–Trinajstić information content (AvgIpc) is 3.03. The van der Waals surface area contributed by atoms with Gasteiger partial charge in [0.05, 0.1) is 0 Å². The second-order valence-electron chi connectivity index (χ2n) is 9.70. The van der Waals surface area contributed by atoms with E-state index in [1.54, 1.807) is 62.4 Å². The van der Waals surface area contributed by atoms with Gasteiger partial charge in [-0.1, -0.05) is 48.5 Å². The van der Waals surface area contributed by atoms with E-state index in [0.717, 1.165) is 0 Å². The molecule has 0 aliphatic heterocycles. The second kappa shape index (κ2) is 16.7. The first kappa shape index (κ1) is 34.5. The number of carbonyl (C=O) groups is 4. The number of rotatable bonds is 10. The molecule has 0 amide bonds. The maximum Gasteiger partial charge on any atom is 0.342 e. The highest BCUT2D eigenvalue weighted by atomic mass is 16.6. The summed E-state index contributed by atoms with van der Waals surface area (Å²) in [4.78, 5) is 47.4. The molecule has 0 fully saturated rings. The Hall–Kier alpha value is -6.04. The highest BCUT2D eigenvalue weighted by Crippen LogP contribution is 2.20. The van der Waals surface area contributed by atoms with Crippen molar-refractivity contribution in [1.82, 2.24) is 0 Å². The molecule has 0 bridgehead atoms. The zero-order chi connectivity index (χ0) is 33.6. The van der Waals surface area contributed by atoms with E-state index in [1.807, 2.05) is 0 Å². The Kier molecular flexibility index (Phi) is 12.5. The molecule has 0 heterocycles. The summed E-state index contributed by atoms with van der Waals surface area (Å²) in [6.45, 7) is 2.76. The van der Waals surface area contributed by atoms with Crippen molar-refractivity contribution in [1.29, 1.82) is 0 Å². The molecule has 0 spiro atoms. The van der Waals surface area contributed by atoms with Crippen molar-refractivity contribution >= 4 is 23.9 Å². The predicted molar refractivity (Wildman–Crippen MR) is 163 cm³/mol.